The monoisotopic (exact) mass is 346 g/mol. The van der Waals surface area contributed by atoms with Crippen LogP contribution in [0.3, 0.4) is 0 Å². The van der Waals surface area contributed by atoms with E-state index in [1.54, 1.807) is 0 Å². The van der Waals surface area contributed by atoms with Crippen LogP contribution >= 0.6 is 15.9 Å². The number of rotatable bonds is 5. The molecular formula is C18H23BrN2. The van der Waals surface area contributed by atoms with E-state index in [0.717, 1.165) is 11.0 Å². The minimum Gasteiger partial charge on any atom is -0.363 e. The van der Waals surface area contributed by atoms with Crippen molar-refractivity contribution in [3.05, 3.63) is 63.6 Å². The zero-order chi connectivity index (χ0) is 15.4. The van der Waals surface area contributed by atoms with Crippen molar-refractivity contribution in [3.63, 3.8) is 0 Å². The van der Waals surface area contributed by atoms with E-state index in [1.165, 1.54) is 22.4 Å². The highest BCUT2D eigenvalue weighted by Crippen LogP contribution is 2.31. The summed E-state index contributed by atoms with van der Waals surface area (Å²) in [6.07, 6.45) is 0. The van der Waals surface area contributed by atoms with Gasteiger partial charge in [0.1, 0.15) is 0 Å². The summed E-state index contributed by atoms with van der Waals surface area (Å²) in [6, 6.07) is 15.3. The molecule has 2 nitrogen and oxygen atoms in total. The van der Waals surface area contributed by atoms with Crippen LogP contribution < -0.4 is 10.6 Å². The Morgan fingerprint density at radius 3 is 2.19 bits per heavy atom. The van der Waals surface area contributed by atoms with Crippen LogP contribution in [0.2, 0.25) is 0 Å². The molecule has 21 heavy (non-hydrogen) atoms. The number of nitrogens with zero attached hydrogens (tertiary/aromatic N) is 1. The summed E-state index contributed by atoms with van der Waals surface area (Å²) >= 11 is 3.69. The highest BCUT2D eigenvalue weighted by atomic mass is 79.9. The van der Waals surface area contributed by atoms with Gasteiger partial charge >= 0.3 is 0 Å². The molecule has 0 saturated carbocycles. The Hall–Kier alpha value is -1.32. The average Bonchev–Trinajstić information content (AvgIpc) is 2.47. The van der Waals surface area contributed by atoms with Crippen molar-refractivity contribution in [3.8, 4) is 0 Å². The summed E-state index contributed by atoms with van der Waals surface area (Å²) in [5.41, 5.74) is 11.1. The van der Waals surface area contributed by atoms with Gasteiger partial charge in [-0.15, -0.1) is 0 Å². The van der Waals surface area contributed by atoms with E-state index in [-0.39, 0.29) is 6.04 Å². The second kappa shape index (κ2) is 7.10. The second-order valence-electron chi connectivity index (χ2n) is 5.40. The lowest BCUT2D eigenvalue weighted by Crippen LogP contribution is -2.34. The zero-order valence-electron chi connectivity index (χ0n) is 12.9. The van der Waals surface area contributed by atoms with Gasteiger partial charge in [-0.25, -0.2) is 0 Å². The molecule has 1 atom stereocenters. The van der Waals surface area contributed by atoms with Gasteiger partial charge in [0.2, 0.25) is 0 Å². The Morgan fingerprint density at radius 2 is 1.67 bits per heavy atom. The SMILES string of the molecule is CCN(c1ccc(C)cc1)C(CN)c1ccc(C)cc1Br. The third kappa shape index (κ3) is 3.66. The van der Waals surface area contributed by atoms with E-state index < -0.39 is 0 Å². The van der Waals surface area contributed by atoms with Crippen molar-refractivity contribution in [2.75, 3.05) is 18.0 Å². The molecule has 0 aliphatic rings. The minimum absolute atomic E-state index is 0.174. The Morgan fingerprint density at radius 1 is 1.05 bits per heavy atom. The van der Waals surface area contributed by atoms with Gasteiger partial charge in [0.25, 0.3) is 0 Å². The first kappa shape index (κ1) is 16.1. The molecule has 112 valence electrons. The van der Waals surface area contributed by atoms with Gasteiger partial charge in [-0.3, -0.25) is 0 Å². The molecule has 0 fully saturated rings. The predicted molar refractivity (Wildman–Crippen MR) is 94.9 cm³/mol. The van der Waals surface area contributed by atoms with E-state index in [9.17, 15) is 0 Å². The first-order chi connectivity index (χ1) is 10.1. The molecule has 0 aliphatic carbocycles. The Balaban J connectivity index is 2.39. The summed E-state index contributed by atoms with van der Waals surface area (Å²) in [7, 11) is 0. The molecular weight excluding hydrogens is 324 g/mol. The maximum atomic E-state index is 6.09. The molecule has 0 spiro atoms. The quantitative estimate of drug-likeness (QED) is 0.857. The summed E-state index contributed by atoms with van der Waals surface area (Å²) < 4.78 is 1.13. The highest BCUT2D eigenvalue weighted by Gasteiger charge is 2.20. The molecule has 0 aliphatic heterocycles. The third-order valence-electron chi connectivity index (χ3n) is 3.82. The Labute approximate surface area is 136 Å². The number of benzene rings is 2. The van der Waals surface area contributed by atoms with Gasteiger partial charge in [0.15, 0.2) is 0 Å². The van der Waals surface area contributed by atoms with Crippen molar-refractivity contribution in [1.29, 1.82) is 0 Å². The largest absolute Gasteiger partial charge is 0.363 e. The lowest BCUT2D eigenvalue weighted by Gasteiger charge is -2.33. The van der Waals surface area contributed by atoms with Crippen molar-refractivity contribution in [2.45, 2.75) is 26.8 Å². The van der Waals surface area contributed by atoms with Gasteiger partial charge in [-0.2, -0.15) is 0 Å². The maximum Gasteiger partial charge on any atom is 0.0675 e. The van der Waals surface area contributed by atoms with E-state index in [2.05, 4.69) is 84.1 Å². The highest BCUT2D eigenvalue weighted by molar-refractivity contribution is 9.10. The van der Waals surface area contributed by atoms with Crippen molar-refractivity contribution in [1.82, 2.24) is 0 Å². The predicted octanol–water partition coefficient (Wildman–Crippen LogP) is 4.59. The van der Waals surface area contributed by atoms with Crippen LogP contribution in [-0.4, -0.2) is 13.1 Å². The summed E-state index contributed by atoms with van der Waals surface area (Å²) in [6.45, 7) is 7.89. The number of anilines is 1. The van der Waals surface area contributed by atoms with Crippen LogP contribution in [0.5, 0.6) is 0 Å². The molecule has 0 amide bonds. The fourth-order valence-corrected chi connectivity index (χ4v) is 3.40. The van der Waals surface area contributed by atoms with Crippen molar-refractivity contribution in [2.24, 2.45) is 5.73 Å². The van der Waals surface area contributed by atoms with E-state index in [0.29, 0.717) is 6.54 Å². The molecule has 0 bridgehead atoms. The lowest BCUT2D eigenvalue weighted by atomic mass is 10.0. The Bertz CT molecular complexity index is 593. The number of hydrogen-bond donors (Lipinski definition) is 1. The molecule has 2 aromatic carbocycles. The van der Waals surface area contributed by atoms with Gasteiger partial charge in [0.05, 0.1) is 6.04 Å². The molecule has 1 unspecified atom stereocenters. The number of hydrogen-bond acceptors (Lipinski definition) is 2. The van der Waals surface area contributed by atoms with Crippen LogP contribution in [0.25, 0.3) is 0 Å². The fourth-order valence-electron chi connectivity index (χ4n) is 2.64. The normalized spacial score (nSPS) is 12.2. The topological polar surface area (TPSA) is 29.3 Å². The Kier molecular flexibility index (Phi) is 5.43. The lowest BCUT2D eigenvalue weighted by molar-refractivity contribution is 0.641. The van der Waals surface area contributed by atoms with Crippen molar-refractivity contribution >= 4 is 21.6 Å². The number of likely N-dealkylation sites (N-methyl/N-ethyl adjacent to an activating group) is 1. The first-order valence-corrected chi connectivity index (χ1v) is 8.15. The number of halogens is 1. The zero-order valence-corrected chi connectivity index (χ0v) is 14.5. The van der Waals surface area contributed by atoms with Gasteiger partial charge in [-0.1, -0.05) is 45.8 Å². The third-order valence-corrected chi connectivity index (χ3v) is 4.51. The second-order valence-corrected chi connectivity index (χ2v) is 6.25. The molecule has 0 aromatic heterocycles. The van der Waals surface area contributed by atoms with E-state index >= 15 is 0 Å². The molecule has 2 N–H and O–H groups in total. The summed E-state index contributed by atoms with van der Waals surface area (Å²) in [4.78, 5) is 2.36. The molecule has 0 saturated heterocycles. The molecule has 0 heterocycles. The first-order valence-electron chi connectivity index (χ1n) is 7.36. The molecule has 0 radical (unpaired) electrons. The van der Waals surface area contributed by atoms with Gasteiger partial charge < -0.3 is 10.6 Å². The molecule has 2 rings (SSSR count). The fraction of sp³-hybridized carbons (Fsp3) is 0.333. The average molecular weight is 347 g/mol. The van der Waals surface area contributed by atoms with Crippen LogP contribution in [0, 0.1) is 13.8 Å². The summed E-state index contributed by atoms with van der Waals surface area (Å²) in [5, 5.41) is 0. The van der Waals surface area contributed by atoms with Gasteiger partial charge in [-0.05, 0) is 50.1 Å². The number of aryl methyl sites for hydroxylation is 2. The van der Waals surface area contributed by atoms with Crippen LogP contribution in [-0.2, 0) is 0 Å². The van der Waals surface area contributed by atoms with Crippen LogP contribution in [0.15, 0.2) is 46.9 Å². The van der Waals surface area contributed by atoms with E-state index in [4.69, 9.17) is 5.73 Å². The minimum atomic E-state index is 0.174. The van der Waals surface area contributed by atoms with Crippen molar-refractivity contribution < 1.29 is 0 Å². The maximum absolute atomic E-state index is 6.09. The smallest absolute Gasteiger partial charge is 0.0675 e. The van der Waals surface area contributed by atoms with Crippen LogP contribution in [0.1, 0.15) is 29.7 Å². The summed E-state index contributed by atoms with van der Waals surface area (Å²) in [5.74, 6) is 0. The van der Waals surface area contributed by atoms with Gasteiger partial charge in [0, 0.05) is 23.2 Å². The standard InChI is InChI=1S/C18H23BrN2/c1-4-21(15-8-5-13(2)6-9-15)18(12-20)16-10-7-14(3)11-17(16)19/h5-11,18H,4,12,20H2,1-3H3. The van der Waals surface area contributed by atoms with Crippen LogP contribution in [0.4, 0.5) is 5.69 Å². The number of nitrogens with two attached hydrogens (primary N) is 1. The molecule has 3 heteroatoms. The molecule has 2 aromatic rings. The van der Waals surface area contributed by atoms with E-state index in [1.807, 2.05) is 0 Å².